The van der Waals surface area contributed by atoms with Gasteiger partial charge in [-0.25, -0.2) is 0 Å². The van der Waals surface area contributed by atoms with Crippen LogP contribution in [0.5, 0.6) is 0 Å². The first-order valence-electron chi connectivity index (χ1n) is 5.92. The van der Waals surface area contributed by atoms with Crippen LogP contribution in [0.1, 0.15) is 0 Å². The molecular formula is C14H5BrN4OS2. The van der Waals surface area contributed by atoms with Gasteiger partial charge in [0.1, 0.15) is 21.9 Å². The summed E-state index contributed by atoms with van der Waals surface area (Å²) in [5.41, 5.74) is 0.331. The van der Waals surface area contributed by atoms with Gasteiger partial charge in [0.25, 0.3) is 5.56 Å². The Labute approximate surface area is 142 Å². The quantitative estimate of drug-likeness (QED) is 0.743. The second-order valence-electron chi connectivity index (χ2n) is 4.12. The number of aromatic nitrogens is 2. The van der Waals surface area contributed by atoms with Crippen molar-refractivity contribution in [3.05, 3.63) is 55.1 Å². The van der Waals surface area contributed by atoms with Gasteiger partial charge in [-0.05, 0) is 24.3 Å². The Morgan fingerprint density at radius 1 is 1.09 bits per heavy atom. The molecule has 0 saturated heterocycles. The van der Waals surface area contributed by atoms with Gasteiger partial charge in [-0.15, -0.1) is 0 Å². The number of benzene rings is 1. The van der Waals surface area contributed by atoms with Crippen molar-refractivity contribution in [3.8, 4) is 17.8 Å². The molecule has 22 heavy (non-hydrogen) atoms. The number of nitriles is 2. The van der Waals surface area contributed by atoms with Gasteiger partial charge in [-0.3, -0.25) is 4.79 Å². The highest BCUT2D eigenvalue weighted by Gasteiger charge is 2.24. The lowest BCUT2D eigenvalue weighted by Crippen LogP contribution is -2.23. The minimum atomic E-state index is -0.304. The summed E-state index contributed by atoms with van der Waals surface area (Å²) in [7, 11) is 0. The third kappa shape index (κ3) is 2.57. The van der Waals surface area contributed by atoms with E-state index in [9.17, 15) is 4.79 Å². The van der Waals surface area contributed by atoms with E-state index >= 15 is 0 Å². The highest BCUT2D eigenvalue weighted by molar-refractivity contribution is 9.10. The summed E-state index contributed by atoms with van der Waals surface area (Å²) in [6.07, 6.45) is 1.54. The molecule has 3 rings (SSSR count). The van der Waals surface area contributed by atoms with Crippen LogP contribution in [-0.4, -0.2) is 9.78 Å². The maximum absolute atomic E-state index is 12.6. The van der Waals surface area contributed by atoms with Crippen LogP contribution in [0.25, 0.3) is 5.69 Å². The van der Waals surface area contributed by atoms with Crippen LogP contribution in [0.3, 0.4) is 0 Å². The predicted molar refractivity (Wildman–Crippen MR) is 87.5 cm³/mol. The number of allylic oxidation sites excluding steroid dienone is 2. The maximum atomic E-state index is 12.6. The van der Waals surface area contributed by atoms with Gasteiger partial charge in [0, 0.05) is 4.47 Å². The second-order valence-corrected chi connectivity index (χ2v) is 7.11. The number of nitrogens with zero attached hydrogens (tertiary/aromatic N) is 4. The fourth-order valence-electron chi connectivity index (χ4n) is 1.81. The molecule has 2 aromatic rings. The molecule has 0 N–H and O–H groups in total. The number of thioether (sulfide) groups is 2. The van der Waals surface area contributed by atoms with Crippen molar-refractivity contribution in [2.24, 2.45) is 0 Å². The molecule has 0 bridgehead atoms. The van der Waals surface area contributed by atoms with Gasteiger partial charge in [0.05, 0.1) is 21.7 Å². The molecule has 0 radical (unpaired) electrons. The lowest BCUT2D eigenvalue weighted by atomic mass is 10.3. The Morgan fingerprint density at radius 3 is 2.36 bits per heavy atom. The van der Waals surface area contributed by atoms with Crippen molar-refractivity contribution in [2.75, 3.05) is 0 Å². The normalized spacial score (nSPS) is 13.2. The lowest BCUT2D eigenvalue weighted by molar-refractivity contribution is 0.756. The number of halogens is 1. The highest BCUT2D eigenvalue weighted by atomic mass is 79.9. The SMILES string of the molecule is N#CC1=C(C#N)Sc2c(cnn(-c3ccc(Br)cc3)c2=O)S1. The molecule has 0 atom stereocenters. The summed E-state index contributed by atoms with van der Waals surface area (Å²) in [5.74, 6) is 0. The predicted octanol–water partition coefficient (Wildman–Crippen LogP) is 3.45. The Balaban J connectivity index is 2.12. The lowest BCUT2D eigenvalue weighted by Gasteiger charge is -2.15. The summed E-state index contributed by atoms with van der Waals surface area (Å²) in [6.45, 7) is 0. The zero-order valence-corrected chi connectivity index (χ0v) is 14.0. The van der Waals surface area contributed by atoms with E-state index in [0.29, 0.717) is 20.4 Å². The van der Waals surface area contributed by atoms with E-state index in [1.54, 1.807) is 18.3 Å². The van der Waals surface area contributed by atoms with Gasteiger partial charge in [-0.2, -0.15) is 20.3 Å². The monoisotopic (exact) mass is 388 g/mol. The first-order chi connectivity index (χ1) is 10.6. The maximum Gasteiger partial charge on any atom is 0.286 e. The van der Waals surface area contributed by atoms with E-state index in [1.165, 1.54) is 4.68 Å². The van der Waals surface area contributed by atoms with Gasteiger partial charge in [0.15, 0.2) is 0 Å². The summed E-state index contributed by atoms with van der Waals surface area (Å²) < 4.78 is 2.19. The number of hydrogen-bond donors (Lipinski definition) is 0. The summed E-state index contributed by atoms with van der Waals surface area (Å²) in [4.78, 5) is 14.1. The third-order valence-electron chi connectivity index (χ3n) is 2.80. The van der Waals surface area contributed by atoms with Crippen molar-refractivity contribution in [3.63, 3.8) is 0 Å². The average molecular weight is 389 g/mol. The van der Waals surface area contributed by atoms with Crippen LogP contribution in [0, 0.1) is 22.7 Å². The zero-order chi connectivity index (χ0) is 15.7. The Morgan fingerprint density at radius 2 is 1.73 bits per heavy atom. The van der Waals surface area contributed by atoms with Crippen molar-refractivity contribution < 1.29 is 0 Å². The second kappa shape index (κ2) is 6.01. The molecule has 1 aromatic carbocycles. The summed E-state index contributed by atoms with van der Waals surface area (Å²) >= 11 is 5.46. The van der Waals surface area contributed by atoms with Gasteiger partial charge < -0.3 is 0 Å². The fourth-order valence-corrected chi connectivity index (χ4v) is 3.97. The van der Waals surface area contributed by atoms with E-state index in [-0.39, 0.29) is 10.5 Å². The third-order valence-corrected chi connectivity index (χ3v) is 5.71. The van der Waals surface area contributed by atoms with E-state index in [1.807, 2.05) is 24.3 Å². The summed E-state index contributed by atoms with van der Waals surface area (Å²) in [5, 5.41) is 22.3. The standard InChI is InChI=1S/C14H5BrN4OS2/c15-8-1-3-9(4-2-8)19-14(20)13-12(7-18-19)21-10(5-16)11(6-17)22-13/h1-4,7H. The van der Waals surface area contributed by atoms with E-state index in [4.69, 9.17) is 10.5 Å². The van der Waals surface area contributed by atoms with Crippen LogP contribution in [0.15, 0.2) is 59.3 Å². The molecule has 8 heteroatoms. The molecule has 0 unspecified atom stereocenters. The minimum absolute atomic E-state index is 0.241. The van der Waals surface area contributed by atoms with E-state index < -0.39 is 0 Å². The highest BCUT2D eigenvalue weighted by Crippen LogP contribution is 2.44. The van der Waals surface area contributed by atoms with Crippen molar-refractivity contribution in [2.45, 2.75) is 9.79 Å². The molecule has 0 aliphatic carbocycles. The molecular weight excluding hydrogens is 384 g/mol. The van der Waals surface area contributed by atoms with Gasteiger partial charge in [0.2, 0.25) is 0 Å². The first kappa shape index (κ1) is 14.9. The molecule has 0 fully saturated rings. The first-order valence-corrected chi connectivity index (χ1v) is 8.35. The Hall–Kier alpha value is -2.00. The molecule has 0 saturated carbocycles. The molecule has 1 aliphatic heterocycles. The zero-order valence-electron chi connectivity index (χ0n) is 10.8. The molecule has 106 valence electrons. The van der Waals surface area contributed by atoms with Crippen LogP contribution in [-0.2, 0) is 0 Å². The molecule has 0 amide bonds. The topological polar surface area (TPSA) is 82.5 Å². The molecule has 1 aromatic heterocycles. The van der Waals surface area contributed by atoms with Crippen LogP contribution in [0.4, 0.5) is 0 Å². The fraction of sp³-hybridized carbons (Fsp3) is 0. The number of rotatable bonds is 1. The van der Waals surface area contributed by atoms with Crippen LogP contribution < -0.4 is 5.56 Å². The molecule has 0 spiro atoms. The van der Waals surface area contributed by atoms with Crippen LogP contribution >= 0.6 is 39.5 Å². The Bertz CT molecular complexity index is 935. The number of fused-ring (bicyclic) bond motifs is 1. The van der Waals surface area contributed by atoms with E-state index in [0.717, 1.165) is 28.0 Å². The molecule has 1 aliphatic rings. The average Bonchev–Trinajstić information content (AvgIpc) is 2.55. The van der Waals surface area contributed by atoms with Crippen molar-refractivity contribution in [1.82, 2.24) is 9.78 Å². The smallest absolute Gasteiger partial charge is 0.266 e. The van der Waals surface area contributed by atoms with Crippen molar-refractivity contribution >= 4 is 39.5 Å². The molecule has 5 nitrogen and oxygen atoms in total. The number of hydrogen-bond acceptors (Lipinski definition) is 6. The van der Waals surface area contributed by atoms with E-state index in [2.05, 4.69) is 21.0 Å². The Kier molecular flexibility index (Phi) is 4.08. The molecule has 2 heterocycles. The minimum Gasteiger partial charge on any atom is -0.266 e. The summed E-state index contributed by atoms with van der Waals surface area (Å²) in [6, 6.07) is 11.1. The largest absolute Gasteiger partial charge is 0.286 e. The van der Waals surface area contributed by atoms with Gasteiger partial charge >= 0.3 is 0 Å². The van der Waals surface area contributed by atoms with Crippen molar-refractivity contribution in [1.29, 1.82) is 10.5 Å². The van der Waals surface area contributed by atoms with Crippen LogP contribution in [0.2, 0.25) is 0 Å². The van der Waals surface area contributed by atoms with Gasteiger partial charge in [-0.1, -0.05) is 39.5 Å².